The average Bonchev–Trinajstić information content (AvgIpc) is 3.68. The number of benzene rings is 3. The van der Waals surface area contributed by atoms with Gasteiger partial charge in [-0.25, -0.2) is 14.6 Å². The van der Waals surface area contributed by atoms with Gasteiger partial charge in [-0.2, -0.15) is 5.10 Å². The number of hydrogen-bond donors (Lipinski definition) is 3. The Kier molecular flexibility index (Phi) is 8.45. The number of nitrogens with one attached hydrogen (secondary N) is 1. The number of aliphatic hydroxyl groups excluding tert-OH is 1. The van der Waals surface area contributed by atoms with E-state index in [1.165, 1.54) is 11.2 Å². The molecule has 4 saturated heterocycles. The van der Waals surface area contributed by atoms with Crippen molar-refractivity contribution in [2.75, 3.05) is 49.9 Å². The molecule has 0 bridgehead atoms. The summed E-state index contributed by atoms with van der Waals surface area (Å²) in [6, 6.07) is 23.4. The molecule has 15 heteroatoms. The quantitative estimate of drug-likeness (QED) is 0.198. The first kappa shape index (κ1) is 34.6. The molecule has 2 atom stereocenters. The van der Waals surface area contributed by atoms with Gasteiger partial charge in [0, 0.05) is 80.2 Å². The fourth-order valence-corrected chi connectivity index (χ4v) is 8.98. The summed E-state index contributed by atoms with van der Waals surface area (Å²) in [5.41, 5.74) is 10.7. The molecular weight excluding hydrogens is 713 g/mol. The van der Waals surface area contributed by atoms with Crippen LogP contribution in [0.2, 0.25) is 0 Å². The molecule has 56 heavy (non-hydrogen) atoms. The second-order valence-electron chi connectivity index (χ2n) is 15.4. The van der Waals surface area contributed by atoms with Crippen molar-refractivity contribution in [2.45, 2.75) is 56.1 Å². The average molecular weight is 755 g/mol. The van der Waals surface area contributed by atoms with Crippen molar-refractivity contribution in [1.29, 1.82) is 0 Å². The van der Waals surface area contributed by atoms with Crippen LogP contribution < -0.4 is 20.7 Å². The number of aromatic nitrogens is 4. The van der Waals surface area contributed by atoms with E-state index in [9.17, 15) is 19.5 Å². The fourth-order valence-electron chi connectivity index (χ4n) is 8.98. The number of hydrogen-bond acceptors (Lipinski definition) is 12. The summed E-state index contributed by atoms with van der Waals surface area (Å²) < 4.78 is 8.06. The van der Waals surface area contributed by atoms with Crippen LogP contribution in [0.4, 0.5) is 11.5 Å². The minimum Gasteiger partial charge on any atom is -0.457 e. The molecule has 4 N–H and O–H groups in total. The smallest absolute Gasteiger partial charge is 0.257 e. The number of ether oxygens (including phenoxy) is 1. The number of imide groups is 1. The van der Waals surface area contributed by atoms with Crippen LogP contribution in [0.1, 0.15) is 53.9 Å². The number of carbonyl (C=O) groups excluding carboxylic acids is 3. The molecule has 2 aromatic heterocycles. The largest absolute Gasteiger partial charge is 0.457 e. The minimum atomic E-state index is -1.22. The summed E-state index contributed by atoms with van der Waals surface area (Å²) in [5.74, 6) is 0.651. The summed E-state index contributed by atoms with van der Waals surface area (Å²) in [6.07, 6.45) is 2.56. The zero-order valence-electron chi connectivity index (χ0n) is 30.7. The molecule has 3 amide bonds. The third-order valence-corrected chi connectivity index (χ3v) is 12.2. The van der Waals surface area contributed by atoms with E-state index >= 15 is 0 Å². The Bertz CT molecular complexity index is 2330. The summed E-state index contributed by atoms with van der Waals surface area (Å²) in [6.45, 7) is 5.77. The second-order valence-corrected chi connectivity index (χ2v) is 15.4. The molecule has 4 fully saturated rings. The van der Waals surface area contributed by atoms with Gasteiger partial charge in [0.2, 0.25) is 11.8 Å². The number of amides is 3. The van der Waals surface area contributed by atoms with Crippen molar-refractivity contribution >= 4 is 40.3 Å². The number of anilines is 2. The first-order chi connectivity index (χ1) is 27.3. The number of piperidine rings is 2. The Morgan fingerprint density at radius 2 is 1.54 bits per heavy atom. The van der Waals surface area contributed by atoms with E-state index in [0.29, 0.717) is 29.0 Å². The first-order valence-corrected chi connectivity index (χ1v) is 19.3. The summed E-state index contributed by atoms with van der Waals surface area (Å²) in [7, 11) is 0. The second kappa shape index (κ2) is 13.7. The summed E-state index contributed by atoms with van der Waals surface area (Å²) >= 11 is 0. The maximum absolute atomic E-state index is 13.2. The number of nitrogens with two attached hydrogens (primary N) is 1. The highest BCUT2D eigenvalue weighted by molar-refractivity contribution is 6.06. The summed E-state index contributed by atoms with van der Waals surface area (Å²) in [5, 5.41) is 19.3. The summed E-state index contributed by atoms with van der Waals surface area (Å²) in [4.78, 5) is 54.9. The Balaban J connectivity index is 0.738. The molecule has 0 saturated carbocycles. The molecule has 0 radical (unpaired) electrons. The maximum atomic E-state index is 13.2. The van der Waals surface area contributed by atoms with E-state index < -0.39 is 18.2 Å². The highest BCUT2D eigenvalue weighted by atomic mass is 16.5. The van der Waals surface area contributed by atoms with Crippen LogP contribution in [0.3, 0.4) is 0 Å². The molecule has 5 aliphatic heterocycles. The molecule has 5 aliphatic rings. The normalized spacial score (nSPS) is 22.6. The zero-order valence-corrected chi connectivity index (χ0v) is 30.7. The van der Waals surface area contributed by atoms with Crippen molar-refractivity contribution < 1.29 is 24.2 Å². The third kappa shape index (κ3) is 5.93. The number of aliphatic hydroxyl groups is 1. The molecule has 10 rings (SSSR count). The number of carbonyl (C=O) groups is 3. The molecule has 286 valence electrons. The third-order valence-electron chi connectivity index (χ3n) is 12.2. The van der Waals surface area contributed by atoms with Gasteiger partial charge in [-0.05, 0) is 73.9 Å². The van der Waals surface area contributed by atoms with Crippen LogP contribution in [0.5, 0.6) is 11.5 Å². The van der Waals surface area contributed by atoms with Crippen molar-refractivity contribution in [1.82, 2.24) is 39.8 Å². The van der Waals surface area contributed by atoms with Gasteiger partial charge in [-0.3, -0.25) is 34.4 Å². The van der Waals surface area contributed by atoms with Crippen LogP contribution in [-0.4, -0.2) is 115 Å². The van der Waals surface area contributed by atoms with E-state index in [-0.39, 0.29) is 30.7 Å². The lowest BCUT2D eigenvalue weighted by atomic mass is 9.95. The highest BCUT2D eigenvalue weighted by Crippen LogP contribution is 2.40. The van der Waals surface area contributed by atoms with Gasteiger partial charge in [0.25, 0.3) is 5.91 Å². The Morgan fingerprint density at radius 3 is 2.29 bits per heavy atom. The van der Waals surface area contributed by atoms with Crippen LogP contribution in [0.15, 0.2) is 79.1 Å². The fraction of sp³-hybridized carbons (Fsp3) is 0.366. The van der Waals surface area contributed by atoms with Crippen molar-refractivity contribution in [3.05, 3.63) is 90.3 Å². The number of nitrogen functional groups attached to an aromatic ring is 1. The Labute approximate surface area is 322 Å². The Hall–Kier alpha value is -5.90. The topological polar surface area (TPSA) is 175 Å². The number of para-hydroxylation sites is 1. The minimum absolute atomic E-state index is 0.137. The van der Waals surface area contributed by atoms with Crippen LogP contribution in [0.25, 0.3) is 22.3 Å². The van der Waals surface area contributed by atoms with Gasteiger partial charge in [-0.1, -0.05) is 18.2 Å². The van der Waals surface area contributed by atoms with Gasteiger partial charge in [0.1, 0.15) is 35.4 Å². The van der Waals surface area contributed by atoms with Crippen LogP contribution in [-0.2, 0) is 9.59 Å². The van der Waals surface area contributed by atoms with Gasteiger partial charge in [-0.15, -0.1) is 0 Å². The van der Waals surface area contributed by atoms with E-state index in [0.717, 1.165) is 91.6 Å². The van der Waals surface area contributed by atoms with Crippen molar-refractivity contribution in [3.8, 4) is 22.8 Å². The van der Waals surface area contributed by atoms with E-state index in [4.69, 9.17) is 15.6 Å². The molecular formula is C41H42N10O5. The molecule has 5 aromatic rings. The monoisotopic (exact) mass is 754 g/mol. The standard InChI is InChI=1S/C41H42N10O5/c42-37-35-36(24-6-9-30(10-7-24)56-29-4-2-1-3-5-29)46-51(38(35)44-23-43-37)25-14-16-47(17-15-25)27-19-49(20-27)28-21-48(22-28)26-8-11-31-32(18-26)41(55)50(40(31)54)33-12-13-34(52)45-39(33)53/h1-11,18,23,25,27-28,33,41,55H,12-17,19-22H2,(H2,42,43,44)(H,45,52,53). The van der Waals surface area contributed by atoms with Gasteiger partial charge in [0.15, 0.2) is 11.9 Å². The molecule has 2 unspecified atom stereocenters. The van der Waals surface area contributed by atoms with Crippen molar-refractivity contribution in [3.63, 3.8) is 0 Å². The Morgan fingerprint density at radius 1 is 0.804 bits per heavy atom. The predicted octanol–water partition coefficient (Wildman–Crippen LogP) is 3.33. The molecule has 3 aromatic carbocycles. The first-order valence-electron chi connectivity index (χ1n) is 19.3. The van der Waals surface area contributed by atoms with E-state index in [1.807, 2.05) is 66.7 Å². The number of rotatable bonds is 8. The molecule has 7 heterocycles. The highest BCUT2D eigenvalue weighted by Gasteiger charge is 2.46. The van der Waals surface area contributed by atoms with Gasteiger partial charge in [0.05, 0.1) is 11.4 Å². The molecule has 0 aliphatic carbocycles. The van der Waals surface area contributed by atoms with Crippen LogP contribution >= 0.6 is 0 Å². The molecule has 0 spiro atoms. The SMILES string of the molecule is Nc1ncnc2c1c(-c1ccc(Oc3ccccc3)cc1)nn2C1CCN(C2CN(C3CN(c4ccc5c(c4)C(O)N(C4CCC(=O)NC4=O)C5=O)C3)C2)CC1. The lowest BCUT2D eigenvalue weighted by Crippen LogP contribution is -2.70. The van der Waals surface area contributed by atoms with Gasteiger partial charge >= 0.3 is 0 Å². The van der Waals surface area contributed by atoms with Crippen molar-refractivity contribution in [2.24, 2.45) is 0 Å². The number of nitrogens with zero attached hydrogens (tertiary/aromatic N) is 8. The lowest BCUT2D eigenvalue weighted by molar-refractivity contribution is -0.139. The molecule has 15 nitrogen and oxygen atoms in total. The number of fused-ring (bicyclic) bond motifs is 2. The zero-order chi connectivity index (χ0) is 38.1. The predicted molar refractivity (Wildman–Crippen MR) is 207 cm³/mol. The van der Waals surface area contributed by atoms with E-state index in [1.54, 1.807) is 6.07 Å². The van der Waals surface area contributed by atoms with E-state index in [2.05, 4.69) is 34.7 Å². The number of likely N-dealkylation sites (tertiary alicyclic amines) is 2. The van der Waals surface area contributed by atoms with Gasteiger partial charge < -0.3 is 20.5 Å². The lowest BCUT2D eigenvalue weighted by Gasteiger charge is -2.55. The maximum Gasteiger partial charge on any atom is 0.257 e. The van der Waals surface area contributed by atoms with Crippen LogP contribution in [0, 0.1) is 0 Å².